The second-order valence-corrected chi connectivity index (χ2v) is 10.8. The van der Waals surface area contributed by atoms with Crippen molar-refractivity contribution >= 4 is 37.3 Å². The highest BCUT2D eigenvalue weighted by Crippen LogP contribution is 2.33. The predicted octanol–water partition coefficient (Wildman–Crippen LogP) is 3.75. The zero-order valence-electron chi connectivity index (χ0n) is 19.9. The largest absolute Gasteiger partial charge is 0.493 e. The van der Waals surface area contributed by atoms with Crippen LogP contribution < -0.4 is 14.3 Å². The van der Waals surface area contributed by atoms with Gasteiger partial charge in [-0.05, 0) is 32.4 Å². The second-order valence-electron chi connectivity index (χ2n) is 7.65. The van der Waals surface area contributed by atoms with Crippen molar-refractivity contribution in [3.8, 4) is 11.5 Å². The van der Waals surface area contributed by atoms with Gasteiger partial charge in [-0.25, -0.2) is 8.42 Å². The van der Waals surface area contributed by atoms with E-state index in [2.05, 4.69) is 4.99 Å². The fourth-order valence-corrected chi connectivity index (χ4v) is 5.83. The maximum Gasteiger partial charge on any atom is 0.248 e. The zero-order valence-corrected chi connectivity index (χ0v) is 21.5. The fourth-order valence-electron chi connectivity index (χ4n) is 3.44. The average molecular weight is 507 g/mol. The van der Waals surface area contributed by atoms with E-state index in [-0.39, 0.29) is 29.4 Å². The van der Waals surface area contributed by atoms with Crippen LogP contribution in [0.4, 0.5) is 0 Å². The van der Waals surface area contributed by atoms with E-state index in [0.29, 0.717) is 36.1 Å². The van der Waals surface area contributed by atoms with Gasteiger partial charge in [0, 0.05) is 31.7 Å². The maximum absolute atomic E-state index is 12.6. The molecule has 0 aliphatic carbocycles. The van der Waals surface area contributed by atoms with Crippen molar-refractivity contribution in [1.82, 2.24) is 4.57 Å². The van der Waals surface area contributed by atoms with Crippen molar-refractivity contribution in [2.24, 2.45) is 4.99 Å². The summed E-state index contributed by atoms with van der Waals surface area (Å²) in [5, 5.41) is 0. The average Bonchev–Trinajstić information content (AvgIpc) is 3.14. The number of carbonyl (C=O) groups excluding carboxylic acids is 1. The summed E-state index contributed by atoms with van der Waals surface area (Å²) in [4.78, 5) is 17.7. The minimum Gasteiger partial charge on any atom is -0.493 e. The normalized spacial score (nSPS) is 12.3. The summed E-state index contributed by atoms with van der Waals surface area (Å²) in [6, 6.07) is 10.4. The number of nitrogens with zero attached hydrogens (tertiary/aromatic N) is 2. The van der Waals surface area contributed by atoms with Crippen molar-refractivity contribution in [3.63, 3.8) is 0 Å². The Morgan fingerprint density at radius 1 is 1.09 bits per heavy atom. The van der Waals surface area contributed by atoms with E-state index in [1.54, 1.807) is 38.5 Å². The number of methoxy groups -OCH3 is 2. The van der Waals surface area contributed by atoms with E-state index in [4.69, 9.17) is 14.2 Å². The summed E-state index contributed by atoms with van der Waals surface area (Å²) in [5.41, 5.74) is 1.85. The van der Waals surface area contributed by atoms with Crippen molar-refractivity contribution in [3.05, 3.63) is 46.8 Å². The summed E-state index contributed by atoms with van der Waals surface area (Å²) in [6.45, 7) is 5.38. The standard InChI is InChI=1S/C24H30N2O6S2/c1-5-32-13-12-26-19-15-20(30-3)21(31-4)16-22(19)33-24(26)25-23(27)7-6-14-34(28,29)18-10-8-17(2)9-11-18/h8-11,15-16H,5-7,12-14H2,1-4H3. The third-order valence-electron chi connectivity index (χ3n) is 5.26. The number of fused-ring (bicyclic) bond motifs is 1. The molecular weight excluding hydrogens is 476 g/mol. The molecule has 8 nitrogen and oxygen atoms in total. The van der Waals surface area contributed by atoms with Crippen LogP contribution in [0.3, 0.4) is 0 Å². The van der Waals surface area contributed by atoms with Gasteiger partial charge in [0.25, 0.3) is 0 Å². The molecule has 1 aromatic heterocycles. The predicted molar refractivity (Wildman–Crippen MR) is 132 cm³/mol. The molecule has 1 amide bonds. The van der Waals surface area contributed by atoms with E-state index in [1.165, 1.54) is 11.3 Å². The topological polar surface area (TPSA) is 96.2 Å². The number of aryl methyl sites for hydroxylation is 1. The Hall–Kier alpha value is -2.69. The van der Waals surface area contributed by atoms with Crippen LogP contribution in [-0.2, 0) is 25.9 Å². The van der Waals surface area contributed by atoms with Crippen LogP contribution in [0.2, 0.25) is 0 Å². The number of rotatable bonds is 11. The van der Waals surface area contributed by atoms with E-state index < -0.39 is 9.84 Å². The first-order valence-electron chi connectivity index (χ1n) is 11.0. The lowest BCUT2D eigenvalue weighted by Gasteiger charge is -2.09. The zero-order chi connectivity index (χ0) is 24.7. The summed E-state index contributed by atoms with van der Waals surface area (Å²) in [7, 11) is -0.307. The molecule has 3 aromatic rings. The fraction of sp³-hybridized carbons (Fsp3) is 0.417. The number of amides is 1. The molecule has 0 saturated heterocycles. The van der Waals surface area contributed by atoms with E-state index in [9.17, 15) is 13.2 Å². The highest BCUT2D eigenvalue weighted by molar-refractivity contribution is 7.91. The van der Waals surface area contributed by atoms with Crippen LogP contribution >= 0.6 is 11.3 Å². The van der Waals surface area contributed by atoms with Gasteiger partial charge in [0.2, 0.25) is 5.91 Å². The van der Waals surface area contributed by atoms with Gasteiger partial charge in [0.05, 0.1) is 41.7 Å². The quantitative estimate of drug-likeness (QED) is 0.368. The van der Waals surface area contributed by atoms with E-state index in [0.717, 1.165) is 15.8 Å². The van der Waals surface area contributed by atoms with Gasteiger partial charge in [0.15, 0.2) is 26.1 Å². The number of ether oxygens (including phenoxy) is 3. The van der Waals surface area contributed by atoms with Crippen molar-refractivity contribution in [2.75, 3.05) is 33.2 Å². The minimum absolute atomic E-state index is 0.0391. The van der Waals surface area contributed by atoms with Gasteiger partial charge in [-0.3, -0.25) is 4.79 Å². The Balaban J connectivity index is 1.82. The summed E-state index contributed by atoms with van der Waals surface area (Å²) < 4.78 is 44.2. The van der Waals surface area contributed by atoms with Gasteiger partial charge in [0.1, 0.15) is 0 Å². The number of benzene rings is 2. The Morgan fingerprint density at radius 3 is 2.41 bits per heavy atom. The highest BCUT2D eigenvalue weighted by atomic mass is 32.2. The molecule has 10 heteroatoms. The van der Waals surface area contributed by atoms with Gasteiger partial charge >= 0.3 is 0 Å². The van der Waals surface area contributed by atoms with Crippen molar-refractivity contribution < 1.29 is 27.4 Å². The Kier molecular flexibility index (Phi) is 8.87. The summed E-state index contributed by atoms with van der Waals surface area (Å²) in [6.07, 6.45) is 0.238. The first kappa shape index (κ1) is 25.9. The molecular formula is C24H30N2O6S2. The second kappa shape index (κ2) is 11.6. The molecule has 0 bridgehead atoms. The highest BCUT2D eigenvalue weighted by Gasteiger charge is 2.16. The van der Waals surface area contributed by atoms with E-state index >= 15 is 0 Å². The molecule has 0 unspecified atom stereocenters. The summed E-state index contributed by atoms with van der Waals surface area (Å²) in [5.74, 6) is 0.696. The first-order valence-corrected chi connectivity index (χ1v) is 13.5. The minimum atomic E-state index is -3.45. The van der Waals surface area contributed by atoms with Crippen LogP contribution in [0.15, 0.2) is 46.3 Å². The summed E-state index contributed by atoms with van der Waals surface area (Å²) >= 11 is 1.36. The van der Waals surface area contributed by atoms with E-state index in [1.807, 2.05) is 30.5 Å². The number of thiazole rings is 1. The van der Waals surface area contributed by atoms with Gasteiger partial charge < -0.3 is 18.8 Å². The molecule has 0 aliphatic heterocycles. The van der Waals surface area contributed by atoms with Gasteiger partial charge in [-0.15, -0.1) is 0 Å². The van der Waals surface area contributed by atoms with Gasteiger partial charge in [-0.2, -0.15) is 4.99 Å². The molecule has 34 heavy (non-hydrogen) atoms. The Labute approximate surface area is 203 Å². The first-order chi connectivity index (χ1) is 16.3. The smallest absolute Gasteiger partial charge is 0.248 e. The maximum atomic E-state index is 12.6. The Bertz CT molecular complexity index is 1310. The molecule has 0 radical (unpaired) electrons. The molecule has 0 atom stereocenters. The number of sulfone groups is 1. The number of carbonyl (C=O) groups is 1. The van der Waals surface area contributed by atoms with Crippen LogP contribution in [0, 0.1) is 6.92 Å². The third-order valence-corrected chi connectivity index (χ3v) is 8.11. The molecule has 1 heterocycles. The molecule has 0 N–H and O–H groups in total. The van der Waals surface area contributed by atoms with Crippen molar-refractivity contribution in [1.29, 1.82) is 0 Å². The Morgan fingerprint density at radius 2 is 1.76 bits per heavy atom. The van der Waals surface area contributed by atoms with Crippen LogP contribution in [0.1, 0.15) is 25.3 Å². The monoisotopic (exact) mass is 506 g/mol. The molecule has 0 fully saturated rings. The molecule has 184 valence electrons. The lowest BCUT2D eigenvalue weighted by molar-refractivity contribution is -0.118. The molecule has 0 saturated carbocycles. The molecule has 0 spiro atoms. The lowest BCUT2D eigenvalue weighted by Crippen LogP contribution is -2.20. The molecule has 0 aliphatic rings. The number of aromatic nitrogens is 1. The SMILES string of the molecule is CCOCCn1c(=NC(=O)CCCS(=O)(=O)c2ccc(C)cc2)sc2cc(OC)c(OC)cc21. The van der Waals surface area contributed by atoms with Gasteiger partial charge in [-0.1, -0.05) is 29.0 Å². The third kappa shape index (κ3) is 6.25. The van der Waals surface area contributed by atoms with Crippen molar-refractivity contribution in [2.45, 2.75) is 38.1 Å². The van der Waals surface area contributed by atoms with Crippen LogP contribution in [-0.4, -0.2) is 52.1 Å². The molecule has 3 rings (SSSR count). The van der Waals surface area contributed by atoms with Crippen LogP contribution in [0.5, 0.6) is 11.5 Å². The number of hydrogen-bond donors (Lipinski definition) is 0. The number of hydrogen-bond acceptors (Lipinski definition) is 7. The van der Waals surface area contributed by atoms with Crippen LogP contribution in [0.25, 0.3) is 10.2 Å². The lowest BCUT2D eigenvalue weighted by atomic mass is 10.2. The molecule has 2 aromatic carbocycles.